The van der Waals surface area contributed by atoms with E-state index in [-0.39, 0.29) is 11.8 Å². The molecule has 0 radical (unpaired) electrons. The van der Waals surface area contributed by atoms with Crippen LogP contribution in [-0.2, 0) is 9.84 Å². The highest BCUT2D eigenvalue weighted by Gasteiger charge is 2.17. The van der Waals surface area contributed by atoms with E-state index in [2.05, 4.69) is 37.2 Å². The molecule has 0 aliphatic carbocycles. The molecule has 0 bridgehead atoms. The van der Waals surface area contributed by atoms with Crippen molar-refractivity contribution in [2.75, 3.05) is 18.6 Å². The predicted molar refractivity (Wildman–Crippen MR) is 80.5 cm³/mol. The third-order valence-corrected chi connectivity index (χ3v) is 6.58. The highest BCUT2D eigenvalue weighted by Crippen LogP contribution is 2.36. The highest BCUT2D eigenvalue weighted by atomic mass is 79.9. The van der Waals surface area contributed by atoms with E-state index in [1.807, 2.05) is 13.0 Å². The molecule has 0 aliphatic rings. The summed E-state index contributed by atoms with van der Waals surface area (Å²) < 4.78 is 24.5. The highest BCUT2D eigenvalue weighted by molar-refractivity contribution is 9.13. The maximum absolute atomic E-state index is 11.2. The Hall–Kier alpha value is 0.570. The van der Waals surface area contributed by atoms with Crippen LogP contribution in [0.3, 0.4) is 0 Å². The SMILES string of the molecule is CCNC(CCS(C)(=O)=O)c1cc(Br)c(Br)s1. The van der Waals surface area contributed by atoms with Crippen molar-refractivity contribution in [3.05, 3.63) is 19.2 Å². The minimum Gasteiger partial charge on any atom is -0.309 e. The standard InChI is InChI=1S/C10H15Br2NO2S2/c1-3-13-8(4-5-17(2,14)15)9-6-7(11)10(12)16-9/h6,8,13H,3-5H2,1-2H3. The average Bonchev–Trinajstić information content (AvgIpc) is 2.52. The molecule has 0 saturated heterocycles. The van der Waals surface area contributed by atoms with E-state index in [4.69, 9.17) is 0 Å². The third kappa shape index (κ3) is 5.38. The lowest BCUT2D eigenvalue weighted by Crippen LogP contribution is -2.22. The lowest BCUT2D eigenvalue weighted by atomic mass is 10.2. The minimum absolute atomic E-state index is 0.0994. The van der Waals surface area contributed by atoms with E-state index >= 15 is 0 Å². The second-order valence-electron chi connectivity index (χ2n) is 3.80. The van der Waals surface area contributed by atoms with Gasteiger partial charge < -0.3 is 5.32 Å². The van der Waals surface area contributed by atoms with Crippen LogP contribution >= 0.6 is 43.2 Å². The number of rotatable bonds is 6. The summed E-state index contributed by atoms with van der Waals surface area (Å²) in [4.78, 5) is 1.15. The van der Waals surface area contributed by atoms with Crippen LogP contribution in [0.4, 0.5) is 0 Å². The summed E-state index contributed by atoms with van der Waals surface area (Å²) in [5.41, 5.74) is 0. The van der Waals surface area contributed by atoms with Crippen molar-refractivity contribution >= 4 is 53.0 Å². The Morgan fingerprint density at radius 1 is 1.47 bits per heavy atom. The molecule has 1 aromatic rings. The maximum Gasteiger partial charge on any atom is 0.147 e. The van der Waals surface area contributed by atoms with Gasteiger partial charge in [-0.25, -0.2) is 8.42 Å². The van der Waals surface area contributed by atoms with Gasteiger partial charge in [-0.3, -0.25) is 0 Å². The Bertz CT molecular complexity index is 451. The number of hydrogen-bond donors (Lipinski definition) is 1. The quantitative estimate of drug-likeness (QED) is 0.790. The molecule has 0 aliphatic heterocycles. The van der Waals surface area contributed by atoms with Crippen LogP contribution in [0.15, 0.2) is 14.3 Å². The van der Waals surface area contributed by atoms with Crippen molar-refractivity contribution in [2.24, 2.45) is 0 Å². The predicted octanol–water partition coefficient (Wildman–Crippen LogP) is 3.36. The fraction of sp³-hybridized carbons (Fsp3) is 0.600. The largest absolute Gasteiger partial charge is 0.309 e. The van der Waals surface area contributed by atoms with Gasteiger partial charge in [0, 0.05) is 21.6 Å². The molecule has 0 aromatic carbocycles. The first kappa shape index (κ1) is 15.6. The number of hydrogen-bond acceptors (Lipinski definition) is 4. The average molecular weight is 405 g/mol. The molecular formula is C10H15Br2NO2S2. The maximum atomic E-state index is 11.2. The summed E-state index contributed by atoms with van der Waals surface area (Å²) in [6.07, 6.45) is 1.88. The second kappa shape index (κ2) is 6.65. The fourth-order valence-corrected chi connectivity index (χ4v) is 4.32. The lowest BCUT2D eigenvalue weighted by molar-refractivity contribution is 0.536. The van der Waals surface area contributed by atoms with Crippen molar-refractivity contribution in [3.63, 3.8) is 0 Å². The van der Waals surface area contributed by atoms with Gasteiger partial charge in [-0.15, -0.1) is 11.3 Å². The number of nitrogens with one attached hydrogen (secondary N) is 1. The molecule has 0 fully saturated rings. The van der Waals surface area contributed by atoms with E-state index in [0.29, 0.717) is 6.42 Å². The molecule has 7 heteroatoms. The van der Waals surface area contributed by atoms with Crippen LogP contribution < -0.4 is 5.32 Å². The molecule has 0 amide bonds. The van der Waals surface area contributed by atoms with Gasteiger partial charge in [0.1, 0.15) is 9.84 Å². The van der Waals surface area contributed by atoms with Crippen molar-refractivity contribution in [3.8, 4) is 0 Å². The van der Waals surface area contributed by atoms with E-state index in [0.717, 1.165) is 19.7 Å². The third-order valence-electron chi connectivity index (χ3n) is 2.24. The summed E-state index contributed by atoms with van der Waals surface area (Å²) in [6, 6.07) is 2.13. The monoisotopic (exact) mass is 403 g/mol. The van der Waals surface area contributed by atoms with Gasteiger partial charge in [0.25, 0.3) is 0 Å². The zero-order chi connectivity index (χ0) is 13.1. The number of sulfone groups is 1. The van der Waals surface area contributed by atoms with Crippen LogP contribution in [0.25, 0.3) is 0 Å². The van der Waals surface area contributed by atoms with E-state index in [1.165, 1.54) is 6.26 Å². The summed E-state index contributed by atoms with van der Waals surface area (Å²) in [7, 11) is -2.91. The van der Waals surface area contributed by atoms with E-state index in [9.17, 15) is 8.42 Å². The molecule has 98 valence electrons. The van der Waals surface area contributed by atoms with Crippen molar-refractivity contribution in [2.45, 2.75) is 19.4 Å². The van der Waals surface area contributed by atoms with Gasteiger partial charge in [0.15, 0.2) is 0 Å². The van der Waals surface area contributed by atoms with Crippen molar-refractivity contribution in [1.82, 2.24) is 5.32 Å². The molecule has 1 rings (SSSR count). The van der Waals surface area contributed by atoms with Crippen LogP contribution in [0, 0.1) is 0 Å². The molecule has 1 aromatic heterocycles. The molecular weight excluding hydrogens is 390 g/mol. The summed E-state index contributed by atoms with van der Waals surface area (Å²) >= 11 is 8.52. The number of halogens is 2. The zero-order valence-electron chi connectivity index (χ0n) is 9.66. The minimum atomic E-state index is -2.91. The van der Waals surface area contributed by atoms with Gasteiger partial charge in [0.05, 0.1) is 9.54 Å². The van der Waals surface area contributed by atoms with Gasteiger partial charge >= 0.3 is 0 Å². The van der Waals surface area contributed by atoms with Crippen molar-refractivity contribution < 1.29 is 8.42 Å². The van der Waals surface area contributed by atoms with Crippen LogP contribution in [0.1, 0.15) is 24.3 Å². The van der Waals surface area contributed by atoms with Crippen LogP contribution in [0.5, 0.6) is 0 Å². The van der Waals surface area contributed by atoms with Gasteiger partial charge in [-0.05, 0) is 50.9 Å². The number of thiophene rings is 1. The van der Waals surface area contributed by atoms with Crippen LogP contribution in [0.2, 0.25) is 0 Å². The summed E-state index contributed by atoms with van der Waals surface area (Å²) in [5, 5.41) is 3.32. The Kier molecular flexibility index (Phi) is 6.12. The first-order valence-corrected chi connectivity index (χ1v) is 9.65. The first-order chi connectivity index (χ1) is 7.83. The van der Waals surface area contributed by atoms with E-state index < -0.39 is 9.84 Å². The molecule has 1 unspecified atom stereocenters. The zero-order valence-corrected chi connectivity index (χ0v) is 14.5. The summed E-state index contributed by atoms with van der Waals surface area (Å²) in [6.45, 7) is 2.84. The Morgan fingerprint density at radius 3 is 2.53 bits per heavy atom. The molecule has 1 atom stereocenters. The summed E-state index contributed by atoms with van der Waals surface area (Å²) in [5.74, 6) is 0.206. The Balaban J connectivity index is 2.78. The Labute approximate surface area is 123 Å². The molecule has 1 heterocycles. The van der Waals surface area contributed by atoms with Gasteiger partial charge in [-0.2, -0.15) is 0 Å². The molecule has 17 heavy (non-hydrogen) atoms. The molecule has 0 spiro atoms. The Morgan fingerprint density at radius 2 is 2.12 bits per heavy atom. The molecule has 1 N–H and O–H groups in total. The van der Waals surface area contributed by atoms with Gasteiger partial charge in [0.2, 0.25) is 0 Å². The first-order valence-electron chi connectivity index (χ1n) is 5.19. The molecule has 3 nitrogen and oxygen atoms in total. The van der Waals surface area contributed by atoms with Gasteiger partial charge in [-0.1, -0.05) is 6.92 Å². The van der Waals surface area contributed by atoms with E-state index in [1.54, 1.807) is 11.3 Å². The topological polar surface area (TPSA) is 46.2 Å². The fourth-order valence-electron chi connectivity index (χ4n) is 1.46. The molecule has 0 saturated carbocycles. The van der Waals surface area contributed by atoms with Crippen molar-refractivity contribution in [1.29, 1.82) is 0 Å². The second-order valence-corrected chi connectivity index (χ2v) is 9.31. The normalized spacial score (nSPS) is 13.9. The lowest BCUT2D eigenvalue weighted by Gasteiger charge is -2.15. The smallest absolute Gasteiger partial charge is 0.147 e. The van der Waals surface area contributed by atoms with Crippen LogP contribution in [-0.4, -0.2) is 27.0 Å².